The first kappa shape index (κ1) is 12.3. The highest BCUT2D eigenvalue weighted by atomic mass is 16.2. The molecule has 2 saturated heterocycles. The molecule has 2 aliphatic heterocycles. The lowest BCUT2D eigenvalue weighted by Gasteiger charge is -2.22. The summed E-state index contributed by atoms with van der Waals surface area (Å²) in [7, 11) is 0. The Morgan fingerprint density at radius 2 is 2.24 bits per heavy atom. The second-order valence-electron chi connectivity index (χ2n) is 5.12. The number of hydrogen-bond acceptors (Lipinski definition) is 4. The lowest BCUT2D eigenvalue weighted by Crippen LogP contribution is -2.37. The molecule has 0 bridgehead atoms. The molecule has 17 heavy (non-hydrogen) atoms. The van der Waals surface area contributed by atoms with Gasteiger partial charge in [-0.05, 0) is 31.3 Å². The van der Waals surface area contributed by atoms with Crippen molar-refractivity contribution < 1.29 is 9.59 Å². The molecular formula is C11H20N4O2. The summed E-state index contributed by atoms with van der Waals surface area (Å²) in [4.78, 5) is 24.0. The van der Waals surface area contributed by atoms with Gasteiger partial charge >= 0.3 is 6.03 Å². The number of likely N-dealkylation sites (tertiary alicyclic amines) is 1. The summed E-state index contributed by atoms with van der Waals surface area (Å²) >= 11 is 0. The van der Waals surface area contributed by atoms with Gasteiger partial charge in [-0.3, -0.25) is 10.1 Å². The van der Waals surface area contributed by atoms with Crippen molar-refractivity contribution in [2.75, 3.05) is 32.7 Å². The van der Waals surface area contributed by atoms with E-state index in [4.69, 9.17) is 5.73 Å². The molecule has 0 aromatic carbocycles. The number of amides is 3. The zero-order valence-electron chi connectivity index (χ0n) is 10.00. The maximum absolute atomic E-state index is 11.3. The molecule has 1 unspecified atom stereocenters. The number of nitrogens with one attached hydrogen (secondary N) is 2. The van der Waals surface area contributed by atoms with Gasteiger partial charge in [-0.2, -0.15) is 0 Å². The van der Waals surface area contributed by atoms with Crippen molar-refractivity contribution in [1.29, 1.82) is 0 Å². The third kappa shape index (κ3) is 3.17. The minimum Gasteiger partial charge on any atom is -0.351 e. The summed E-state index contributed by atoms with van der Waals surface area (Å²) in [5, 5.41) is 5.49. The van der Waals surface area contributed by atoms with Gasteiger partial charge in [-0.1, -0.05) is 0 Å². The smallest absolute Gasteiger partial charge is 0.318 e. The van der Waals surface area contributed by atoms with E-state index in [1.165, 1.54) is 12.8 Å². The molecule has 1 spiro atoms. The van der Waals surface area contributed by atoms with E-state index in [-0.39, 0.29) is 5.91 Å². The second-order valence-corrected chi connectivity index (χ2v) is 5.12. The number of imide groups is 1. The third-order valence-corrected chi connectivity index (χ3v) is 3.77. The Hall–Kier alpha value is -1.14. The van der Waals surface area contributed by atoms with Crippen LogP contribution in [0.3, 0.4) is 0 Å². The monoisotopic (exact) mass is 240 g/mol. The van der Waals surface area contributed by atoms with E-state index < -0.39 is 6.03 Å². The normalized spacial score (nSPS) is 28.7. The Kier molecular flexibility index (Phi) is 3.63. The molecule has 0 aromatic heterocycles. The number of nitrogens with two attached hydrogens (primary N) is 1. The number of carbonyl (C=O) groups excluding carboxylic acids is 2. The van der Waals surface area contributed by atoms with Gasteiger partial charge in [0.15, 0.2) is 0 Å². The minimum absolute atomic E-state index is 0.289. The second kappa shape index (κ2) is 5.01. The van der Waals surface area contributed by atoms with Gasteiger partial charge in [0.25, 0.3) is 0 Å². The van der Waals surface area contributed by atoms with E-state index in [9.17, 15) is 9.59 Å². The average Bonchev–Trinajstić information content (AvgIpc) is 2.86. The summed E-state index contributed by atoms with van der Waals surface area (Å²) in [6, 6.07) is -0.770. The van der Waals surface area contributed by atoms with E-state index in [0.29, 0.717) is 18.4 Å². The van der Waals surface area contributed by atoms with E-state index >= 15 is 0 Å². The van der Waals surface area contributed by atoms with E-state index in [1.807, 2.05) is 0 Å². The van der Waals surface area contributed by atoms with Crippen molar-refractivity contribution in [3.63, 3.8) is 0 Å². The van der Waals surface area contributed by atoms with Crippen LogP contribution in [0.2, 0.25) is 0 Å². The Morgan fingerprint density at radius 1 is 1.41 bits per heavy atom. The lowest BCUT2D eigenvalue weighted by molar-refractivity contribution is -0.120. The molecule has 6 nitrogen and oxygen atoms in total. The first-order valence-electron chi connectivity index (χ1n) is 6.12. The molecule has 0 saturated carbocycles. The summed E-state index contributed by atoms with van der Waals surface area (Å²) in [5.74, 6) is -0.289. The van der Waals surface area contributed by atoms with Gasteiger partial charge in [0.1, 0.15) is 0 Å². The van der Waals surface area contributed by atoms with Crippen LogP contribution in [-0.2, 0) is 4.79 Å². The molecule has 4 N–H and O–H groups in total. The van der Waals surface area contributed by atoms with Gasteiger partial charge in [-0.15, -0.1) is 0 Å². The zero-order chi connectivity index (χ0) is 12.3. The molecule has 1 atom stereocenters. The first-order chi connectivity index (χ1) is 8.10. The molecule has 0 radical (unpaired) electrons. The van der Waals surface area contributed by atoms with Crippen molar-refractivity contribution in [2.24, 2.45) is 11.1 Å². The van der Waals surface area contributed by atoms with Crippen LogP contribution < -0.4 is 16.4 Å². The van der Waals surface area contributed by atoms with Crippen molar-refractivity contribution in [3.8, 4) is 0 Å². The molecule has 2 aliphatic rings. The Labute approximate surface area is 101 Å². The van der Waals surface area contributed by atoms with Crippen molar-refractivity contribution in [2.45, 2.75) is 19.3 Å². The van der Waals surface area contributed by atoms with Gasteiger partial charge in [-0.25, -0.2) is 4.79 Å². The first-order valence-corrected chi connectivity index (χ1v) is 6.12. The Balaban J connectivity index is 1.71. The van der Waals surface area contributed by atoms with Crippen LogP contribution in [0.15, 0.2) is 0 Å². The molecule has 96 valence electrons. The van der Waals surface area contributed by atoms with Gasteiger partial charge in [0.05, 0.1) is 0 Å². The molecule has 2 heterocycles. The zero-order valence-corrected chi connectivity index (χ0v) is 10.00. The van der Waals surface area contributed by atoms with Crippen LogP contribution in [0.1, 0.15) is 19.3 Å². The molecule has 2 rings (SSSR count). The minimum atomic E-state index is -0.770. The number of rotatable bonds is 3. The van der Waals surface area contributed by atoms with E-state index in [1.54, 1.807) is 0 Å². The summed E-state index contributed by atoms with van der Waals surface area (Å²) < 4.78 is 0. The maximum Gasteiger partial charge on any atom is 0.318 e. The molecule has 2 fully saturated rings. The summed E-state index contributed by atoms with van der Waals surface area (Å²) in [6.07, 6.45) is 2.78. The maximum atomic E-state index is 11.3. The van der Waals surface area contributed by atoms with Gasteiger partial charge < -0.3 is 16.0 Å². The van der Waals surface area contributed by atoms with E-state index in [0.717, 1.165) is 26.2 Å². The third-order valence-electron chi connectivity index (χ3n) is 3.77. The summed E-state index contributed by atoms with van der Waals surface area (Å²) in [6.45, 7) is 5.02. The average molecular weight is 240 g/mol. The van der Waals surface area contributed by atoms with Gasteiger partial charge in [0.2, 0.25) is 5.91 Å². The van der Waals surface area contributed by atoms with Crippen LogP contribution in [0.25, 0.3) is 0 Å². The highest BCUT2D eigenvalue weighted by molar-refractivity contribution is 5.93. The number of nitrogens with zero attached hydrogens (tertiary/aromatic N) is 1. The van der Waals surface area contributed by atoms with Gasteiger partial charge in [0, 0.05) is 26.1 Å². The Morgan fingerprint density at radius 3 is 2.88 bits per heavy atom. The highest BCUT2D eigenvalue weighted by Crippen LogP contribution is 2.35. The fourth-order valence-corrected chi connectivity index (χ4v) is 2.82. The SMILES string of the molecule is NC(=O)NC(=O)CCN1CCC2(CCNC2)C1. The molecular weight excluding hydrogens is 220 g/mol. The van der Waals surface area contributed by atoms with Crippen molar-refractivity contribution >= 4 is 11.9 Å². The Bertz CT molecular complexity index is 313. The van der Waals surface area contributed by atoms with Crippen LogP contribution in [0.4, 0.5) is 4.79 Å². The number of hydrogen-bond donors (Lipinski definition) is 3. The topological polar surface area (TPSA) is 87.5 Å². The fourth-order valence-electron chi connectivity index (χ4n) is 2.82. The molecule has 3 amide bonds. The predicted octanol–water partition coefficient (Wildman–Crippen LogP) is -0.743. The van der Waals surface area contributed by atoms with Crippen LogP contribution >= 0.6 is 0 Å². The molecule has 6 heteroatoms. The number of primary amides is 1. The van der Waals surface area contributed by atoms with E-state index in [2.05, 4.69) is 15.5 Å². The van der Waals surface area contributed by atoms with Crippen LogP contribution in [-0.4, -0.2) is 49.6 Å². The molecule has 0 aromatic rings. The highest BCUT2D eigenvalue weighted by Gasteiger charge is 2.39. The van der Waals surface area contributed by atoms with Crippen molar-refractivity contribution in [3.05, 3.63) is 0 Å². The van der Waals surface area contributed by atoms with Crippen LogP contribution in [0.5, 0.6) is 0 Å². The molecule has 0 aliphatic carbocycles. The summed E-state index contributed by atoms with van der Waals surface area (Å²) in [5.41, 5.74) is 5.31. The quantitative estimate of drug-likeness (QED) is 0.606. The standard InChI is InChI=1S/C11H20N4O2/c12-10(17)14-9(16)1-5-15-6-3-11(8-15)2-4-13-7-11/h13H,1-8H2,(H3,12,14,16,17). The van der Waals surface area contributed by atoms with Crippen molar-refractivity contribution in [1.82, 2.24) is 15.5 Å². The largest absolute Gasteiger partial charge is 0.351 e. The lowest BCUT2D eigenvalue weighted by atomic mass is 9.87. The number of carbonyl (C=O) groups is 2. The number of urea groups is 1. The van der Waals surface area contributed by atoms with Crippen LogP contribution in [0, 0.1) is 5.41 Å². The fraction of sp³-hybridized carbons (Fsp3) is 0.818. The predicted molar refractivity (Wildman–Crippen MR) is 63.3 cm³/mol.